The molecular weight excluding hydrogens is 228 g/mol. The number of carboxylic acids is 1. The van der Waals surface area contributed by atoms with Gasteiger partial charge in [-0.1, -0.05) is 4.49 Å². The Balaban J connectivity index is 1.98. The third kappa shape index (κ3) is 2.55. The molecule has 1 aromatic rings. The van der Waals surface area contributed by atoms with Crippen molar-refractivity contribution in [1.82, 2.24) is 19.4 Å². The summed E-state index contributed by atoms with van der Waals surface area (Å²) in [6, 6.07) is 0. The minimum absolute atomic E-state index is 0.263. The van der Waals surface area contributed by atoms with Crippen LogP contribution in [0.3, 0.4) is 0 Å². The Morgan fingerprint density at radius 3 is 2.75 bits per heavy atom. The zero-order valence-corrected chi connectivity index (χ0v) is 9.90. The molecule has 0 bridgehead atoms. The molecule has 0 aliphatic carbocycles. The second-order valence-electron chi connectivity index (χ2n) is 3.93. The van der Waals surface area contributed by atoms with Crippen LogP contribution in [0.4, 0.5) is 0 Å². The first-order valence-corrected chi connectivity index (χ1v) is 5.89. The van der Waals surface area contributed by atoms with Crippen molar-refractivity contribution in [1.29, 1.82) is 0 Å². The van der Waals surface area contributed by atoms with Crippen LogP contribution in [0.1, 0.15) is 15.4 Å². The van der Waals surface area contributed by atoms with Gasteiger partial charge in [-0.05, 0) is 18.6 Å². The van der Waals surface area contributed by atoms with Gasteiger partial charge in [0.25, 0.3) is 0 Å². The number of nitrogens with zero attached hydrogens (tertiary/aromatic N) is 4. The first-order valence-electron chi connectivity index (χ1n) is 5.12. The third-order valence-electron chi connectivity index (χ3n) is 2.72. The van der Waals surface area contributed by atoms with E-state index < -0.39 is 5.97 Å². The fraction of sp³-hybridized carbons (Fsp3) is 0.667. The molecule has 1 saturated heterocycles. The first-order chi connectivity index (χ1) is 7.66. The number of piperazine rings is 1. The van der Waals surface area contributed by atoms with E-state index in [0.717, 1.165) is 37.7 Å². The van der Waals surface area contributed by atoms with Gasteiger partial charge in [0, 0.05) is 32.7 Å². The van der Waals surface area contributed by atoms with E-state index in [-0.39, 0.29) is 4.88 Å². The largest absolute Gasteiger partial charge is 0.477 e. The summed E-state index contributed by atoms with van der Waals surface area (Å²) in [6.07, 6.45) is 0. The molecule has 1 fully saturated rings. The van der Waals surface area contributed by atoms with Crippen molar-refractivity contribution in [3.05, 3.63) is 10.6 Å². The highest BCUT2D eigenvalue weighted by Crippen LogP contribution is 2.13. The van der Waals surface area contributed by atoms with Gasteiger partial charge in [0.2, 0.25) is 0 Å². The normalized spacial score (nSPS) is 18.8. The van der Waals surface area contributed by atoms with Crippen LogP contribution in [0.5, 0.6) is 0 Å². The summed E-state index contributed by atoms with van der Waals surface area (Å²) in [5, 5.41) is 12.8. The molecule has 0 spiro atoms. The van der Waals surface area contributed by atoms with Crippen LogP contribution < -0.4 is 0 Å². The van der Waals surface area contributed by atoms with Gasteiger partial charge in [-0.3, -0.25) is 4.90 Å². The van der Waals surface area contributed by atoms with Gasteiger partial charge in [0.1, 0.15) is 5.69 Å². The molecule has 0 amide bonds. The minimum Gasteiger partial charge on any atom is -0.477 e. The molecule has 16 heavy (non-hydrogen) atoms. The number of rotatable bonds is 3. The van der Waals surface area contributed by atoms with Crippen LogP contribution in [-0.4, -0.2) is 63.7 Å². The van der Waals surface area contributed by atoms with Gasteiger partial charge in [-0.15, -0.1) is 5.10 Å². The smallest absolute Gasteiger partial charge is 0.349 e. The van der Waals surface area contributed by atoms with Gasteiger partial charge in [0.05, 0.1) is 0 Å². The molecule has 1 aliphatic heterocycles. The number of carboxylic acid groups (broad SMARTS) is 1. The quantitative estimate of drug-likeness (QED) is 0.803. The topological polar surface area (TPSA) is 69.6 Å². The molecule has 0 atom stereocenters. The lowest BCUT2D eigenvalue weighted by atomic mass is 10.3. The molecule has 6 nitrogen and oxygen atoms in total. The lowest BCUT2D eigenvalue weighted by Crippen LogP contribution is -2.44. The Morgan fingerprint density at radius 1 is 1.44 bits per heavy atom. The Kier molecular flexibility index (Phi) is 3.47. The van der Waals surface area contributed by atoms with E-state index in [9.17, 15) is 4.79 Å². The van der Waals surface area contributed by atoms with E-state index in [1.807, 2.05) is 0 Å². The zero-order valence-electron chi connectivity index (χ0n) is 9.09. The maximum atomic E-state index is 10.9. The number of carbonyl (C=O) groups is 1. The molecule has 1 aliphatic rings. The van der Waals surface area contributed by atoms with Crippen LogP contribution >= 0.6 is 11.5 Å². The maximum Gasteiger partial charge on any atom is 0.349 e. The van der Waals surface area contributed by atoms with Crippen molar-refractivity contribution >= 4 is 17.5 Å². The van der Waals surface area contributed by atoms with E-state index in [1.165, 1.54) is 0 Å². The van der Waals surface area contributed by atoms with Gasteiger partial charge < -0.3 is 10.0 Å². The molecule has 0 unspecified atom stereocenters. The van der Waals surface area contributed by atoms with Gasteiger partial charge >= 0.3 is 5.97 Å². The molecule has 2 rings (SSSR count). The van der Waals surface area contributed by atoms with Gasteiger partial charge in [-0.25, -0.2) is 4.79 Å². The predicted octanol–water partition coefficient (Wildman–Crippen LogP) is -0.0163. The lowest BCUT2D eigenvalue weighted by Gasteiger charge is -2.31. The highest BCUT2D eigenvalue weighted by Gasteiger charge is 2.20. The molecule has 1 aromatic heterocycles. The van der Waals surface area contributed by atoms with E-state index in [2.05, 4.69) is 26.4 Å². The van der Waals surface area contributed by atoms with Crippen LogP contribution in [0, 0.1) is 0 Å². The summed E-state index contributed by atoms with van der Waals surface area (Å²) >= 11 is 0.949. The van der Waals surface area contributed by atoms with Crippen molar-refractivity contribution < 1.29 is 9.90 Å². The fourth-order valence-corrected chi connectivity index (χ4v) is 2.20. The SMILES string of the molecule is CN1CCN(Cc2nnsc2C(=O)O)CC1. The van der Waals surface area contributed by atoms with E-state index in [0.29, 0.717) is 12.2 Å². The molecule has 0 radical (unpaired) electrons. The van der Waals surface area contributed by atoms with Crippen LogP contribution in [0.15, 0.2) is 0 Å². The second-order valence-corrected chi connectivity index (χ2v) is 4.69. The molecule has 0 aromatic carbocycles. The Bertz CT molecular complexity index is 373. The van der Waals surface area contributed by atoms with E-state index in [1.54, 1.807) is 0 Å². The van der Waals surface area contributed by atoms with Crippen molar-refractivity contribution in [2.24, 2.45) is 0 Å². The molecule has 2 heterocycles. The number of aromatic carboxylic acids is 1. The summed E-state index contributed by atoms with van der Waals surface area (Å²) < 4.78 is 3.70. The molecular formula is C9H14N4O2S. The highest BCUT2D eigenvalue weighted by molar-refractivity contribution is 7.07. The summed E-state index contributed by atoms with van der Waals surface area (Å²) in [6.45, 7) is 4.52. The Labute approximate surface area is 97.6 Å². The third-order valence-corrected chi connectivity index (χ3v) is 3.48. The molecule has 7 heteroatoms. The summed E-state index contributed by atoms with van der Waals surface area (Å²) in [5.41, 5.74) is 0.585. The van der Waals surface area contributed by atoms with E-state index >= 15 is 0 Å². The fourth-order valence-electron chi connectivity index (χ4n) is 1.69. The average Bonchev–Trinajstić information content (AvgIpc) is 2.69. The molecule has 88 valence electrons. The van der Waals surface area contributed by atoms with Crippen molar-refractivity contribution in [2.45, 2.75) is 6.54 Å². The minimum atomic E-state index is -0.931. The Hall–Kier alpha value is -1.05. The number of aromatic nitrogens is 2. The summed E-state index contributed by atoms with van der Waals surface area (Å²) in [5.74, 6) is -0.931. The van der Waals surface area contributed by atoms with Crippen molar-refractivity contribution in [3.8, 4) is 0 Å². The monoisotopic (exact) mass is 242 g/mol. The maximum absolute atomic E-state index is 10.9. The molecule has 1 N–H and O–H groups in total. The molecule has 0 saturated carbocycles. The van der Waals surface area contributed by atoms with Crippen LogP contribution in [0.2, 0.25) is 0 Å². The van der Waals surface area contributed by atoms with Crippen LogP contribution in [-0.2, 0) is 6.54 Å². The number of likely N-dealkylation sites (N-methyl/N-ethyl adjacent to an activating group) is 1. The second kappa shape index (κ2) is 4.86. The van der Waals surface area contributed by atoms with Crippen molar-refractivity contribution in [3.63, 3.8) is 0 Å². The van der Waals surface area contributed by atoms with Crippen LogP contribution in [0.25, 0.3) is 0 Å². The predicted molar refractivity (Wildman–Crippen MR) is 59.6 cm³/mol. The lowest BCUT2D eigenvalue weighted by molar-refractivity contribution is 0.0698. The average molecular weight is 242 g/mol. The summed E-state index contributed by atoms with van der Waals surface area (Å²) in [4.78, 5) is 15.6. The van der Waals surface area contributed by atoms with Gasteiger partial charge in [0.15, 0.2) is 4.88 Å². The highest BCUT2D eigenvalue weighted by atomic mass is 32.1. The number of hydrogen-bond donors (Lipinski definition) is 1. The zero-order chi connectivity index (χ0) is 11.5. The standard InChI is InChI=1S/C9H14N4O2S/c1-12-2-4-13(5-3-12)6-7-8(9(14)15)16-11-10-7/h2-6H2,1H3,(H,14,15). The van der Waals surface area contributed by atoms with Gasteiger partial charge in [-0.2, -0.15) is 0 Å². The first kappa shape index (κ1) is 11.4. The van der Waals surface area contributed by atoms with E-state index in [4.69, 9.17) is 5.11 Å². The Morgan fingerprint density at radius 2 is 2.12 bits per heavy atom. The summed E-state index contributed by atoms with van der Waals surface area (Å²) in [7, 11) is 2.09. The van der Waals surface area contributed by atoms with Crippen molar-refractivity contribution in [2.75, 3.05) is 33.2 Å². The number of hydrogen-bond acceptors (Lipinski definition) is 6.